The zero-order valence-electron chi connectivity index (χ0n) is 7.80. The molecule has 0 unspecified atom stereocenters. The molecule has 0 amide bonds. The van der Waals surface area contributed by atoms with Crippen LogP contribution < -0.4 is 5.73 Å². The molecule has 80 valence electrons. The van der Waals surface area contributed by atoms with Crippen LogP contribution in [0.15, 0.2) is 18.2 Å². The van der Waals surface area contributed by atoms with Gasteiger partial charge in [-0.05, 0) is 36.7 Å². The molecule has 2 nitrogen and oxygen atoms in total. The van der Waals surface area contributed by atoms with Crippen molar-refractivity contribution < 1.29 is 13.2 Å². The first-order valence-electron chi connectivity index (χ1n) is 4.28. The predicted molar refractivity (Wildman–Crippen MR) is 48.9 cm³/mol. The van der Waals surface area contributed by atoms with E-state index in [0.29, 0.717) is 12.0 Å². The van der Waals surface area contributed by atoms with E-state index < -0.39 is 11.7 Å². The molecule has 1 aromatic carbocycles. The van der Waals surface area contributed by atoms with Crippen molar-refractivity contribution in [1.82, 2.24) is 0 Å². The van der Waals surface area contributed by atoms with Gasteiger partial charge in [-0.1, -0.05) is 0 Å². The molecule has 0 spiro atoms. The van der Waals surface area contributed by atoms with E-state index >= 15 is 0 Å². The first-order valence-corrected chi connectivity index (χ1v) is 4.28. The standard InChI is InChI=1S/C10H9F3N2/c11-10(12,13)9-4-7(1-2-14)3-8(5-9)6-15/h3-5H,1-2,14H2. The number of halogens is 3. The van der Waals surface area contributed by atoms with Crippen molar-refractivity contribution in [3.63, 3.8) is 0 Å². The van der Waals surface area contributed by atoms with Gasteiger partial charge in [-0.2, -0.15) is 18.4 Å². The number of nitrogens with zero attached hydrogens (tertiary/aromatic N) is 1. The summed E-state index contributed by atoms with van der Waals surface area (Å²) in [7, 11) is 0. The molecule has 2 N–H and O–H groups in total. The molecule has 0 aliphatic rings. The van der Waals surface area contributed by atoms with E-state index in [-0.39, 0.29) is 12.1 Å². The molecule has 1 aromatic rings. The quantitative estimate of drug-likeness (QED) is 0.819. The average molecular weight is 214 g/mol. The molecule has 0 aliphatic carbocycles. The number of benzene rings is 1. The van der Waals surface area contributed by atoms with Gasteiger partial charge in [0.25, 0.3) is 0 Å². The van der Waals surface area contributed by atoms with E-state index in [1.807, 2.05) is 0 Å². The van der Waals surface area contributed by atoms with Crippen LogP contribution in [-0.4, -0.2) is 6.54 Å². The highest BCUT2D eigenvalue weighted by molar-refractivity contribution is 5.38. The minimum Gasteiger partial charge on any atom is -0.330 e. The Labute approximate surface area is 85.1 Å². The van der Waals surface area contributed by atoms with E-state index in [1.54, 1.807) is 6.07 Å². The SMILES string of the molecule is N#Cc1cc(CCN)cc(C(F)(F)F)c1. The lowest BCUT2D eigenvalue weighted by Crippen LogP contribution is -2.08. The van der Waals surface area contributed by atoms with Crippen LogP contribution in [0.5, 0.6) is 0 Å². The van der Waals surface area contributed by atoms with Crippen LogP contribution in [0.3, 0.4) is 0 Å². The Morgan fingerprint density at radius 1 is 1.27 bits per heavy atom. The van der Waals surface area contributed by atoms with Crippen molar-refractivity contribution in [2.24, 2.45) is 5.73 Å². The van der Waals surface area contributed by atoms with Crippen molar-refractivity contribution in [1.29, 1.82) is 5.26 Å². The highest BCUT2D eigenvalue weighted by atomic mass is 19.4. The fourth-order valence-electron chi connectivity index (χ4n) is 1.23. The van der Waals surface area contributed by atoms with Gasteiger partial charge in [-0.15, -0.1) is 0 Å². The highest BCUT2D eigenvalue weighted by Gasteiger charge is 2.31. The molecule has 0 aliphatic heterocycles. The minimum atomic E-state index is -4.42. The number of nitriles is 1. The lowest BCUT2D eigenvalue weighted by molar-refractivity contribution is -0.137. The number of rotatable bonds is 2. The zero-order chi connectivity index (χ0) is 11.5. The molecule has 0 radical (unpaired) electrons. The van der Waals surface area contributed by atoms with Gasteiger partial charge in [-0.3, -0.25) is 0 Å². The summed E-state index contributed by atoms with van der Waals surface area (Å²) in [5.74, 6) is 0. The van der Waals surface area contributed by atoms with Crippen LogP contribution in [0.1, 0.15) is 16.7 Å². The van der Waals surface area contributed by atoms with E-state index in [1.165, 1.54) is 6.07 Å². The van der Waals surface area contributed by atoms with E-state index in [2.05, 4.69) is 0 Å². The second-order valence-corrected chi connectivity index (χ2v) is 3.07. The van der Waals surface area contributed by atoms with Gasteiger partial charge in [0.1, 0.15) is 0 Å². The first-order chi connectivity index (χ1) is 6.97. The maximum Gasteiger partial charge on any atom is 0.416 e. The fourth-order valence-corrected chi connectivity index (χ4v) is 1.23. The largest absolute Gasteiger partial charge is 0.416 e. The molecular formula is C10H9F3N2. The van der Waals surface area contributed by atoms with Crippen molar-refractivity contribution in [2.75, 3.05) is 6.54 Å². The minimum absolute atomic E-state index is 0.00766. The van der Waals surface area contributed by atoms with Crippen molar-refractivity contribution in [3.8, 4) is 6.07 Å². The first kappa shape index (κ1) is 11.5. The maximum absolute atomic E-state index is 12.4. The Balaban J connectivity index is 3.19. The predicted octanol–water partition coefficient (Wildman–Crippen LogP) is 2.08. The van der Waals surface area contributed by atoms with E-state index in [9.17, 15) is 13.2 Å². The monoisotopic (exact) mass is 214 g/mol. The summed E-state index contributed by atoms with van der Waals surface area (Å²) in [6.45, 7) is 0.256. The normalized spacial score (nSPS) is 11.1. The van der Waals surface area contributed by atoms with Gasteiger partial charge in [-0.25, -0.2) is 0 Å². The third-order valence-electron chi connectivity index (χ3n) is 1.88. The van der Waals surface area contributed by atoms with Gasteiger partial charge < -0.3 is 5.73 Å². The van der Waals surface area contributed by atoms with Gasteiger partial charge in [0, 0.05) is 0 Å². The third kappa shape index (κ3) is 2.96. The van der Waals surface area contributed by atoms with E-state index in [4.69, 9.17) is 11.0 Å². The van der Waals surface area contributed by atoms with Gasteiger partial charge >= 0.3 is 6.18 Å². The molecule has 0 saturated heterocycles. The molecule has 15 heavy (non-hydrogen) atoms. The molecule has 1 rings (SSSR count). The summed E-state index contributed by atoms with van der Waals surface area (Å²) in [5.41, 5.74) is 4.89. The second-order valence-electron chi connectivity index (χ2n) is 3.07. The molecule has 0 heterocycles. The van der Waals surface area contributed by atoms with Gasteiger partial charge in [0.05, 0.1) is 17.2 Å². The van der Waals surface area contributed by atoms with E-state index in [0.717, 1.165) is 12.1 Å². The molecular weight excluding hydrogens is 205 g/mol. The summed E-state index contributed by atoms with van der Waals surface area (Å²) in [4.78, 5) is 0. The van der Waals surface area contributed by atoms with Gasteiger partial charge in [0.15, 0.2) is 0 Å². The summed E-state index contributed by atoms with van der Waals surface area (Å²) < 4.78 is 37.2. The Hall–Kier alpha value is -1.54. The van der Waals surface area contributed by atoms with Crippen LogP contribution in [0.4, 0.5) is 13.2 Å². The Morgan fingerprint density at radius 2 is 1.93 bits per heavy atom. The van der Waals surface area contributed by atoms with Gasteiger partial charge in [0.2, 0.25) is 0 Å². The summed E-state index contributed by atoms with van der Waals surface area (Å²) in [6, 6.07) is 4.97. The molecule has 0 bridgehead atoms. The average Bonchev–Trinajstić information content (AvgIpc) is 2.16. The summed E-state index contributed by atoms with van der Waals surface area (Å²) in [6.07, 6.45) is -4.09. The Bertz CT molecular complexity index is 391. The van der Waals surface area contributed by atoms with Crippen LogP contribution in [-0.2, 0) is 12.6 Å². The second kappa shape index (κ2) is 4.32. The number of hydrogen-bond donors (Lipinski definition) is 1. The third-order valence-corrected chi connectivity index (χ3v) is 1.88. The smallest absolute Gasteiger partial charge is 0.330 e. The van der Waals surface area contributed by atoms with Crippen molar-refractivity contribution in [2.45, 2.75) is 12.6 Å². The van der Waals surface area contributed by atoms with Crippen LogP contribution in [0, 0.1) is 11.3 Å². The lowest BCUT2D eigenvalue weighted by atomic mass is 10.0. The molecule has 0 fully saturated rings. The molecule has 0 aromatic heterocycles. The summed E-state index contributed by atoms with van der Waals surface area (Å²) in [5, 5.41) is 8.57. The fraction of sp³-hybridized carbons (Fsp3) is 0.300. The Kier molecular flexibility index (Phi) is 3.32. The molecule has 0 saturated carbocycles. The van der Waals surface area contributed by atoms with Crippen LogP contribution in [0.25, 0.3) is 0 Å². The Morgan fingerprint density at radius 3 is 2.40 bits per heavy atom. The van der Waals surface area contributed by atoms with Crippen molar-refractivity contribution in [3.05, 3.63) is 34.9 Å². The van der Waals surface area contributed by atoms with Crippen LogP contribution in [0.2, 0.25) is 0 Å². The number of hydrogen-bond acceptors (Lipinski definition) is 2. The number of nitrogens with two attached hydrogens (primary N) is 1. The molecule has 0 atom stereocenters. The molecule has 5 heteroatoms. The topological polar surface area (TPSA) is 49.8 Å². The summed E-state index contributed by atoms with van der Waals surface area (Å²) >= 11 is 0. The lowest BCUT2D eigenvalue weighted by Gasteiger charge is -2.09. The zero-order valence-corrected chi connectivity index (χ0v) is 7.80. The maximum atomic E-state index is 12.4. The number of alkyl halides is 3. The highest BCUT2D eigenvalue weighted by Crippen LogP contribution is 2.30. The van der Waals surface area contributed by atoms with Crippen LogP contribution >= 0.6 is 0 Å². The van der Waals surface area contributed by atoms with Crippen molar-refractivity contribution >= 4 is 0 Å².